The molecule has 0 bridgehead atoms. The van der Waals surface area contributed by atoms with Crippen LogP contribution in [0.15, 0.2) is 47.4 Å². The molecule has 4 nitrogen and oxygen atoms in total. The molecule has 6 heteroatoms. The predicted octanol–water partition coefficient (Wildman–Crippen LogP) is 4.56. The molecule has 0 aliphatic rings. The number of hydrogen-bond acceptors (Lipinski definition) is 4. The Morgan fingerprint density at radius 2 is 1.88 bits per heavy atom. The number of hydrogen-bond donors (Lipinski definition) is 2. The molecule has 0 heterocycles. The van der Waals surface area contributed by atoms with Gasteiger partial charge < -0.3 is 15.4 Å². The second kappa shape index (κ2) is 10.2. The van der Waals surface area contributed by atoms with Crippen molar-refractivity contribution in [2.75, 3.05) is 24.7 Å². The van der Waals surface area contributed by atoms with Crippen LogP contribution in [-0.4, -0.2) is 30.5 Å². The van der Waals surface area contributed by atoms with E-state index in [4.69, 9.17) is 17.0 Å². The number of ether oxygens (including phenoxy) is 1. The van der Waals surface area contributed by atoms with Crippen LogP contribution < -0.4 is 10.6 Å². The van der Waals surface area contributed by atoms with E-state index < -0.39 is 0 Å². The van der Waals surface area contributed by atoms with E-state index in [1.807, 2.05) is 30.8 Å². The fraction of sp³-hybridized carbons (Fsp3) is 0.300. The van der Waals surface area contributed by atoms with E-state index >= 15 is 0 Å². The smallest absolute Gasteiger partial charge is 0.338 e. The first-order valence-corrected chi connectivity index (χ1v) is 9.83. The number of carbonyl (C=O) groups is 1. The molecular formula is C20H24N2O2S2. The van der Waals surface area contributed by atoms with E-state index in [2.05, 4.69) is 41.8 Å². The average Bonchev–Trinajstić information content (AvgIpc) is 2.64. The summed E-state index contributed by atoms with van der Waals surface area (Å²) >= 11 is 7.19. The van der Waals surface area contributed by atoms with Gasteiger partial charge in [0.25, 0.3) is 0 Å². The van der Waals surface area contributed by atoms with Gasteiger partial charge in [-0.15, -0.1) is 11.8 Å². The van der Waals surface area contributed by atoms with Crippen LogP contribution in [-0.2, 0) is 4.74 Å². The predicted molar refractivity (Wildman–Crippen MR) is 113 cm³/mol. The van der Waals surface area contributed by atoms with Crippen LogP contribution in [0, 0.1) is 13.8 Å². The Labute approximate surface area is 164 Å². The zero-order chi connectivity index (χ0) is 18.9. The van der Waals surface area contributed by atoms with E-state index in [0.717, 1.165) is 30.0 Å². The number of benzene rings is 2. The first kappa shape index (κ1) is 20.3. The van der Waals surface area contributed by atoms with Crippen molar-refractivity contribution in [3.63, 3.8) is 0 Å². The van der Waals surface area contributed by atoms with E-state index in [1.54, 1.807) is 6.07 Å². The second-order valence-corrected chi connectivity index (χ2v) is 7.44. The largest absolute Gasteiger partial charge is 0.465 e. The van der Waals surface area contributed by atoms with Gasteiger partial charge in [0.15, 0.2) is 5.11 Å². The molecule has 0 aromatic heterocycles. The molecule has 2 aromatic carbocycles. The minimum Gasteiger partial charge on any atom is -0.465 e. The highest BCUT2D eigenvalue weighted by Gasteiger charge is 2.12. The molecule has 0 amide bonds. The van der Waals surface area contributed by atoms with E-state index in [1.165, 1.54) is 17.6 Å². The number of methoxy groups -OCH3 is 1. The summed E-state index contributed by atoms with van der Waals surface area (Å²) < 4.78 is 4.79. The molecule has 26 heavy (non-hydrogen) atoms. The molecule has 2 aromatic rings. The van der Waals surface area contributed by atoms with Gasteiger partial charge in [0.1, 0.15) is 0 Å². The van der Waals surface area contributed by atoms with Crippen LogP contribution in [0.5, 0.6) is 0 Å². The number of aryl methyl sites for hydroxylation is 1. The Morgan fingerprint density at radius 3 is 2.58 bits per heavy atom. The quantitative estimate of drug-likeness (QED) is 0.314. The number of thioether (sulfide) groups is 1. The lowest BCUT2D eigenvalue weighted by atomic mass is 10.1. The topological polar surface area (TPSA) is 50.4 Å². The third-order valence-corrected chi connectivity index (χ3v) is 5.23. The van der Waals surface area contributed by atoms with E-state index in [-0.39, 0.29) is 5.97 Å². The Morgan fingerprint density at radius 1 is 1.15 bits per heavy atom. The van der Waals surface area contributed by atoms with Gasteiger partial charge in [0, 0.05) is 17.1 Å². The van der Waals surface area contributed by atoms with Gasteiger partial charge in [-0.05, 0) is 68.1 Å². The molecule has 0 atom stereocenters. The summed E-state index contributed by atoms with van der Waals surface area (Å²) in [5.74, 6) is 0.674. The Hall–Kier alpha value is -2.05. The summed E-state index contributed by atoms with van der Waals surface area (Å²) in [5, 5.41) is 6.91. The number of esters is 1. The molecule has 0 saturated carbocycles. The van der Waals surface area contributed by atoms with Gasteiger partial charge >= 0.3 is 5.97 Å². The summed E-state index contributed by atoms with van der Waals surface area (Å²) in [6.07, 6.45) is 1.00. The third-order valence-electron chi connectivity index (χ3n) is 3.88. The lowest BCUT2D eigenvalue weighted by Gasteiger charge is -2.14. The minimum absolute atomic E-state index is 0.349. The Balaban J connectivity index is 1.75. The molecular weight excluding hydrogens is 364 g/mol. The fourth-order valence-electron chi connectivity index (χ4n) is 2.37. The van der Waals surface area contributed by atoms with Crippen molar-refractivity contribution in [2.45, 2.75) is 25.2 Å². The maximum absolute atomic E-state index is 11.8. The van der Waals surface area contributed by atoms with Crippen molar-refractivity contribution in [1.29, 1.82) is 0 Å². The summed E-state index contributed by atoms with van der Waals surface area (Å²) in [5.41, 5.74) is 3.44. The normalized spacial score (nSPS) is 10.3. The number of rotatable bonds is 7. The number of thiocarbonyl (C=S) groups is 1. The molecule has 0 unspecified atom stereocenters. The van der Waals surface area contributed by atoms with Crippen LogP contribution in [0.2, 0.25) is 0 Å². The molecule has 0 aliphatic carbocycles. The number of carbonyl (C=O) groups excluding carboxylic acids is 1. The van der Waals surface area contributed by atoms with Crippen LogP contribution >= 0.6 is 24.0 Å². The molecule has 2 rings (SSSR count). The zero-order valence-electron chi connectivity index (χ0n) is 15.3. The number of nitrogens with one attached hydrogen (secondary N) is 2. The average molecular weight is 389 g/mol. The summed E-state index contributed by atoms with van der Waals surface area (Å²) in [7, 11) is 1.38. The Kier molecular flexibility index (Phi) is 7.94. The summed E-state index contributed by atoms with van der Waals surface area (Å²) in [6, 6.07) is 14.0. The SMILES string of the molecule is COC(=O)c1cccc(NC(=S)NCCCSc2ccc(C)cc2)c1C. The van der Waals surface area contributed by atoms with Gasteiger partial charge in [-0.1, -0.05) is 23.8 Å². The van der Waals surface area contributed by atoms with Crippen LogP contribution in [0.3, 0.4) is 0 Å². The molecule has 0 fully saturated rings. The molecule has 0 aliphatic heterocycles. The van der Waals surface area contributed by atoms with Gasteiger partial charge in [-0.25, -0.2) is 4.79 Å². The van der Waals surface area contributed by atoms with Gasteiger partial charge in [-0.2, -0.15) is 0 Å². The van der Waals surface area contributed by atoms with Crippen molar-refractivity contribution in [2.24, 2.45) is 0 Å². The molecule has 0 radical (unpaired) electrons. The van der Waals surface area contributed by atoms with Gasteiger partial charge in [0.05, 0.1) is 12.7 Å². The van der Waals surface area contributed by atoms with Crippen molar-refractivity contribution < 1.29 is 9.53 Å². The lowest BCUT2D eigenvalue weighted by molar-refractivity contribution is 0.0600. The van der Waals surface area contributed by atoms with Crippen LogP contribution in [0.4, 0.5) is 5.69 Å². The van der Waals surface area contributed by atoms with Crippen molar-refractivity contribution >= 4 is 40.7 Å². The number of anilines is 1. The zero-order valence-corrected chi connectivity index (χ0v) is 16.9. The molecule has 0 spiro atoms. The van der Waals surface area contributed by atoms with E-state index in [9.17, 15) is 4.79 Å². The van der Waals surface area contributed by atoms with Crippen LogP contribution in [0.25, 0.3) is 0 Å². The van der Waals surface area contributed by atoms with Crippen molar-refractivity contribution in [3.05, 3.63) is 59.2 Å². The van der Waals surface area contributed by atoms with Gasteiger partial charge in [-0.3, -0.25) is 0 Å². The highest BCUT2D eigenvalue weighted by molar-refractivity contribution is 7.99. The monoisotopic (exact) mass is 388 g/mol. The maximum atomic E-state index is 11.8. The highest BCUT2D eigenvalue weighted by atomic mass is 32.2. The fourth-order valence-corrected chi connectivity index (χ4v) is 3.43. The maximum Gasteiger partial charge on any atom is 0.338 e. The minimum atomic E-state index is -0.349. The first-order chi connectivity index (χ1) is 12.5. The summed E-state index contributed by atoms with van der Waals surface area (Å²) in [6.45, 7) is 4.75. The highest BCUT2D eigenvalue weighted by Crippen LogP contribution is 2.20. The first-order valence-electron chi connectivity index (χ1n) is 8.43. The van der Waals surface area contributed by atoms with Gasteiger partial charge in [0.2, 0.25) is 0 Å². The second-order valence-electron chi connectivity index (χ2n) is 5.87. The molecule has 138 valence electrons. The summed E-state index contributed by atoms with van der Waals surface area (Å²) in [4.78, 5) is 13.0. The van der Waals surface area contributed by atoms with E-state index in [0.29, 0.717) is 10.7 Å². The Bertz CT molecular complexity index is 761. The third kappa shape index (κ3) is 6.04. The van der Waals surface area contributed by atoms with Crippen molar-refractivity contribution in [3.8, 4) is 0 Å². The molecule has 0 saturated heterocycles. The molecule has 2 N–H and O–H groups in total. The van der Waals surface area contributed by atoms with Crippen molar-refractivity contribution in [1.82, 2.24) is 5.32 Å². The lowest BCUT2D eigenvalue weighted by Crippen LogP contribution is -2.30. The van der Waals surface area contributed by atoms with Crippen LogP contribution in [0.1, 0.15) is 27.9 Å². The standard InChI is InChI=1S/C20H24N2O2S2/c1-14-8-10-16(11-9-14)26-13-5-12-21-20(25)22-18-7-4-6-17(15(18)2)19(23)24-3/h4,6-11H,5,12-13H2,1-3H3,(H2,21,22,25).